The van der Waals surface area contributed by atoms with E-state index >= 15 is 0 Å². The van der Waals surface area contributed by atoms with E-state index in [-0.39, 0.29) is 0 Å². The van der Waals surface area contributed by atoms with Gasteiger partial charge < -0.3 is 11.5 Å². The van der Waals surface area contributed by atoms with E-state index in [1.807, 2.05) is 54.6 Å². The number of hydrogen-bond donors (Lipinski definition) is 2. The quantitative estimate of drug-likeness (QED) is 0.690. The van der Waals surface area contributed by atoms with Crippen LogP contribution in [0.25, 0.3) is 11.1 Å². The Morgan fingerprint density at radius 2 is 1.48 bits per heavy atom. The molecule has 0 amide bonds. The molecule has 21 heavy (non-hydrogen) atoms. The highest BCUT2D eigenvalue weighted by atomic mass is 32.2. The van der Waals surface area contributed by atoms with Crippen molar-refractivity contribution in [1.82, 2.24) is 0 Å². The maximum absolute atomic E-state index is 6.20. The summed E-state index contributed by atoms with van der Waals surface area (Å²) in [6.45, 7) is 0. The van der Waals surface area contributed by atoms with Gasteiger partial charge in [-0.1, -0.05) is 48.2 Å². The third-order valence-electron chi connectivity index (χ3n) is 3.20. The summed E-state index contributed by atoms with van der Waals surface area (Å²) >= 11 is 1.71. The largest absolute Gasteiger partial charge is 0.399 e. The third kappa shape index (κ3) is 3.03. The monoisotopic (exact) mass is 292 g/mol. The molecule has 0 radical (unpaired) electrons. The molecule has 3 aromatic carbocycles. The van der Waals surface area contributed by atoms with Crippen LogP contribution >= 0.6 is 11.8 Å². The van der Waals surface area contributed by atoms with Crippen LogP contribution in [0.1, 0.15) is 0 Å². The molecule has 0 aliphatic rings. The van der Waals surface area contributed by atoms with Gasteiger partial charge in [-0.25, -0.2) is 0 Å². The van der Waals surface area contributed by atoms with Gasteiger partial charge in [0.25, 0.3) is 0 Å². The molecule has 0 saturated heterocycles. The number of hydrogen-bond acceptors (Lipinski definition) is 3. The fourth-order valence-corrected chi connectivity index (χ4v) is 3.28. The van der Waals surface area contributed by atoms with Crippen LogP contribution < -0.4 is 11.5 Å². The number of benzene rings is 3. The summed E-state index contributed by atoms with van der Waals surface area (Å²) in [7, 11) is 0. The molecular formula is C18H16N2S. The van der Waals surface area contributed by atoms with Crippen molar-refractivity contribution < 1.29 is 0 Å². The van der Waals surface area contributed by atoms with Crippen molar-refractivity contribution in [3.05, 3.63) is 72.8 Å². The topological polar surface area (TPSA) is 52.0 Å². The number of rotatable bonds is 3. The number of nitrogen functional groups attached to an aromatic ring is 2. The van der Waals surface area contributed by atoms with Crippen LogP contribution in [-0.4, -0.2) is 0 Å². The lowest BCUT2D eigenvalue weighted by Gasteiger charge is -2.13. The van der Waals surface area contributed by atoms with Crippen molar-refractivity contribution in [2.75, 3.05) is 11.5 Å². The fourth-order valence-electron chi connectivity index (χ4n) is 2.25. The van der Waals surface area contributed by atoms with Crippen molar-refractivity contribution in [2.24, 2.45) is 0 Å². The highest BCUT2D eigenvalue weighted by Gasteiger charge is 2.10. The van der Waals surface area contributed by atoms with Gasteiger partial charge >= 0.3 is 0 Å². The lowest BCUT2D eigenvalue weighted by Crippen LogP contribution is -1.93. The summed E-state index contributed by atoms with van der Waals surface area (Å²) in [6, 6.07) is 24.1. The van der Waals surface area contributed by atoms with Gasteiger partial charge in [-0.3, -0.25) is 0 Å². The van der Waals surface area contributed by atoms with Gasteiger partial charge in [-0.2, -0.15) is 0 Å². The van der Waals surface area contributed by atoms with E-state index in [4.69, 9.17) is 11.5 Å². The lowest BCUT2D eigenvalue weighted by molar-refractivity contribution is 1.40. The van der Waals surface area contributed by atoms with E-state index in [0.717, 1.165) is 27.4 Å². The summed E-state index contributed by atoms with van der Waals surface area (Å²) in [5.74, 6) is 0. The van der Waals surface area contributed by atoms with Crippen molar-refractivity contribution >= 4 is 23.1 Å². The molecule has 0 unspecified atom stereocenters. The summed E-state index contributed by atoms with van der Waals surface area (Å²) in [4.78, 5) is 2.32. The molecule has 0 spiro atoms. The second kappa shape index (κ2) is 5.94. The number of anilines is 2. The maximum Gasteiger partial charge on any atom is 0.0405 e. The molecule has 0 atom stereocenters. The average Bonchev–Trinajstić information content (AvgIpc) is 2.48. The molecule has 0 aliphatic heterocycles. The summed E-state index contributed by atoms with van der Waals surface area (Å²) in [5.41, 5.74) is 15.7. The SMILES string of the molecule is Nc1cccc(-c2c(N)cccc2Sc2ccccc2)c1. The molecule has 0 fully saturated rings. The standard InChI is InChI=1S/C18H16N2S/c19-14-7-4-6-13(12-14)18-16(20)10-5-11-17(18)21-15-8-2-1-3-9-15/h1-12H,19-20H2. The van der Waals surface area contributed by atoms with Crippen molar-refractivity contribution in [2.45, 2.75) is 9.79 Å². The third-order valence-corrected chi connectivity index (χ3v) is 4.27. The van der Waals surface area contributed by atoms with Gasteiger partial charge in [0, 0.05) is 26.7 Å². The van der Waals surface area contributed by atoms with E-state index < -0.39 is 0 Å². The molecule has 0 aromatic heterocycles. The Morgan fingerprint density at radius 3 is 2.24 bits per heavy atom. The Morgan fingerprint density at radius 1 is 0.714 bits per heavy atom. The molecule has 0 bridgehead atoms. The zero-order valence-corrected chi connectivity index (χ0v) is 12.3. The van der Waals surface area contributed by atoms with Gasteiger partial charge in [0.2, 0.25) is 0 Å². The highest BCUT2D eigenvalue weighted by molar-refractivity contribution is 7.99. The van der Waals surface area contributed by atoms with Crippen LogP contribution in [0.3, 0.4) is 0 Å². The minimum Gasteiger partial charge on any atom is -0.399 e. The average molecular weight is 292 g/mol. The van der Waals surface area contributed by atoms with Gasteiger partial charge in [0.1, 0.15) is 0 Å². The smallest absolute Gasteiger partial charge is 0.0405 e. The first-order valence-corrected chi connectivity index (χ1v) is 7.53. The Bertz CT molecular complexity index is 754. The first kappa shape index (κ1) is 13.6. The highest BCUT2D eigenvalue weighted by Crippen LogP contribution is 2.39. The molecule has 0 aliphatic carbocycles. The van der Waals surface area contributed by atoms with Crippen LogP contribution in [0.4, 0.5) is 11.4 Å². The lowest BCUT2D eigenvalue weighted by atomic mass is 10.0. The Kier molecular flexibility index (Phi) is 3.84. The fraction of sp³-hybridized carbons (Fsp3) is 0. The van der Waals surface area contributed by atoms with Crippen molar-refractivity contribution in [1.29, 1.82) is 0 Å². The van der Waals surface area contributed by atoms with Crippen LogP contribution in [0, 0.1) is 0 Å². The van der Waals surface area contributed by atoms with Crippen LogP contribution in [0.2, 0.25) is 0 Å². The molecule has 4 N–H and O–H groups in total. The molecule has 3 heteroatoms. The zero-order chi connectivity index (χ0) is 14.7. The van der Waals surface area contributed by atoms with Gasteiger partial charge in [-0.15, -0.1) is 0 Å². The van der Waals surface area contributed by atoms with Crippen LogP contribution in [0.5, 0.6) is 0 Å². The Hall–Kier alpha value is -2.39. The van der Waals surface area contributed by atoms with Gasteiger partial charge in [0.05, 0.1) is 0 Å². The van der Waals surface area contributed by atoms with Crippen LogP contribution in [-0.2, 0) is 0 Å². The molecule has 0 heterocycles. The maximum atomic E-state index is 6.20. The van der Waals surface area contributed by atoms with Gasteiger partial charge in [-0.05, 0) is 42.0 Å². The van der Waals surface area contributed by atoms with Crippen molar-refractivity contribution in [3.63, 3.8) is 0 Å². The number of nitrogens with two attached hydrogens (primary N) is 2. The molecule has 2 nitrogen and oxygen atoms in total. The molecule has 3 aromatic rings. The summed E-state index contributed by atoms with van der Waals surface area (Å²) in [5, 5.41) is 0. The van der Waals surface area contributed by atoms with E-state index in [1.165, 1.54) is 4.90 Å². The zero-order valence-electron chi connectivity index (χ0n) is 11.5. The van der Waals surface area contributed by atoms with E-state index in [9.17, 15) is 0 Å². The predicted octanol–water partition coefficient (Wildman–Crippen LogP) is 4.67. The molecular weight excluding hydrogens is 276 g/mol. The minimum absolute atomic E-state index is 0.742. The van der Waals surface area contributed by atoms with E-state index in [1.54, 1.807) is 11.8 Å². The predicted molar refractivity (Wildman–Crippen MR) is 91.3 cm³/mol. The van der Waals surface area contributed by atoms with Crippen molar-refractivity contribution in [3.8, 4) is 11.1 Å². The van der Waals surface area contributed by atoms with E-state index in [2.05, 4.69) is 18.2 Å². The van der Waals surface area contributed by atoms with Crippen LogP contribution in [0.15, 0.2) is 82.6 Å². The molecule has 3 rings (SSSR count). The van der Waals surface area contributed by atoms with Gasteiger partial charge in [0.15, 0.2) is 0 Å². The summed E-state index contributed by atoms with van der Waals surface area (Å²) < 4.78 is 0. The van der Waals surface area contributed by atoms with E-state index in [0.29, 0.717) is 0 Å². The second-order valence-electron chi connectivity index (χ2n) is 4.76. The molecule has 0 saturated carbocycles. The second-order valence-corrected chi connectivity index (χ2v) is 5.88. The first-order valence-electron chi connectivity index (χ1n) is 6.71. The minimum atomic E-state index is 0.742. The Balaban J connectivity index is 2.08. The summed E-state index contributed by atoms with van der Waals surface area (Å²) in [6.07, 6.45) is 0. The first-order chi connectivity index (χ1) is 10.2. The Labute approximate surface area is 128 Å². The molecule has 104 valence electrons. The normalized spacial score (nSPS) is 10.5.